The summed E-state index contributed by atoms with van der Waals surface area (Å²) in [7, 11) is 0. The average Bonchev–Trinajstić information content (AvgIpc) is 2.89. The molecule has 4 rings (SSSR count). The Labute approximate surface area is 229 Å². The lowest BCUT2D eigenvalue weighted by Gasteiger charge is -2.17. The summed E-state index contributed by atoms with van der Waals surface area (Å²) in [5, 5.41) is 17.2. The van der Waals surface area contributed by atoms with E-state index in [9.17, 15) is 10.1 Å². The van der Waals surface area contributed by atoms with Crippen molar-refractivity contribution in [3.63, 3.8) is 0 Å². The number of pyridine rings is 2. The summed E-state index contributed by atoms with van der Waals surface area (Å²) in [6, 6.07) is 16.0. The number of nitriles is 1. The van der Waals surface area contributed by atoms with Gasteiger partial charge in [0.15, 0.2) is 0 Å². The highest BCUT2D eigenvalue weighted by molar-refractivity contribution is 6.33. The maximum atomic E-state index is 11.9. The summed E-state index contributed by atoms with van der Waals surface area (Å²) in [6.45, 7) is 2.48. The Morgan fingerprint density at radius 2 is 1.97 bits per heavy atom. The number of nitrogens with one attached hydrogen (secondary N) is 2. The molecule has 0 atom stereocenters. The largest absolute Gasteiger partial charge is 0.491 e. The summed E-state index contributed by atoms with van der Waals surface area (Å²) in [6.07, 6.45) is 2.12. The van der Waals surface area contributed by atoms with Gasteiger partial charge in [-0.15, -0.1) is 0 Å². The lowest BCUT2D eigenvalue weighted by atomic mass is 10.1. The summed E-state index contributed by atoms with van der Waals surface area (Å²) >= 11 is 12.5. The molecule has 9 nitrogen and oxygen atoms in total. The maximum absolute atomic E-state index is 11.9. The van der Waals surface area contributed by atoms with Crippen molar-refractivity contribution in [2.24, 2.45) is 5.73 Å². The Morgan fingerprint density at radius 1 is 1.13 bits per heavy atom. The molecule has 4 N–H and O–H groups in total. The van der Waals surface area contributed by atoms with Crippen LogP contribution >= 0.6 is 23.2 Å². The molecule has 38 heavy (non-hydrogen) atoms. The number of halogens is 2. The van der Waals surface area contributed by atoms with E-state index in [0.29, 0.717) is 80.5 Å². The van der Waals surface area contributed by atoms with Crippen molar-refractivity contribution in [1.82, 2.24) is 9.97 Å². The lowest BCUT2D eigenvalue weighted by Crippen LogP contribution is -2.11. The fourth-order valence-corrected chi connectivity index (χ4v) is 4.02. The molecule has 1 amide bonds. The minimum absolute atomic E-state index is 0.221. The molecule has 0 fully saturated rings. The molecule has 2 aromatic heterocycles. The molecule has 0 aliphatic rings. The zero-order valence-corrected chi connectivity index (χ0v) is 21.9. The molecule has 194 valence electrons. The summed E-state index contributed by atoms with van der Waals surface area (Å²) < 4.78 is 11.6. The second kappa shape index (κ2) is 12.4. The Hall–Kier alpha value is -4.10. The van der Waals surface area contributed by atoms with Crippen LogP contribution in [0, 0.1) is 11.3 Å². The van der Waals surface area contributed by atoms with Gasteiger partial charge < -0.3 is 25.8 Å². The molecule has 0 saturated heterocycles. The van der Waals surface area contributed by atoms with Crippen LogP contribution < -0.4 is 25.8 Å². The van der Waals surface area contributed by atoms with E-state index in [-0.39, 0.29) is 12.5 Å². The van der Waals surface area contributed by atoms with Gasteiger partial charge in [0.2, 0.25) is 5.91 Å². The second-order valence-corrected chi connectivity index (χ2v) is 9.00. The van der Waals surface area contributed by atoms with E-state index >= 15 is 0 Å². The third-order valence-corrected chi connectivity index (χ3v) is 5.89. The van der Waals surface area contributed by atoms with Crippen molar-refractivity contribution in [3.05, 3.63) is 76.2 Å². The van der Waals surface area contributed by atoms with Gasteiger partial charge in [0, 0.05) is 30.6 Å². The first-order valence-electron chi connectivity index (χ1n) is 11.7. The molecule has 11 heteroatoms. The van der Waals surface area contributed by atoms with Gasteiger partial charge in [-0.2, -0.15) is 5.26 Å². The Morgan fingerprint density at radius 3 is 2.68 bits per heavy atom. The molecule has 0 radical (unpaired) electrons. The van der Waals surface area contributed by atoms with Gasteiger partial charge in [0.1, 0.15) is 29.3 Å². The number of nitrogens with zero attached hydrogens (tertiary/aromatic N) is 3. The summed E-state index contributed by atoms with van der Waals surface area (Å²) in [4.78, 5) is 20.5. The van der Waals surface area contributed by atoms with Crippen LogP contribution in [0.15, 0.2) is 54.7 Å². The number of nitrogens with two attached hydrogens (primary N) is 1. The van der Waals surface area contributed by atoms with Gasteiger partial charge in [-0.3, -0.25) is 9.78 Å². The molecular weight excluding hydrogens is 527 g/mol. The number of rotatable bonds is 10. The van der Waals surface area contributed by atoms with Gasteiger partial charge in [-0.25, -0.2) is 4.98 Å². The van der Waals surface area contributed by atoms with Crippen LogP contribution in [-0.2, 0) is 11.4 Å². The molecule has 0 saturated carbocycles. The average molecular weight is 551 g/mol. The van der Waals surface area contributed by atoms with Crippen LogP contribution in [0.25, 0.3) is 10.9 Å². The van der Waals surface area contributed by atoms with E-state index < -0.39 is 0 Å². The van der Waals surface area contributed by atoms with E-state index in [4.69, 9.17) is 38.4 Å². The first-order valence-corrected chi connectivity index (χ1v) is 12.4. The Kier molecular flexibility index (Phi) is 8.81. The highest BCUT2D eigenvalue weighted by atomic mass is 35.5. The number of benzene rings is 2. The predicted molar refractivity (Wildman–Crippen MR) is 148 cm³/mol. The summed E-state index contributed by atoms with van der Waals surface area (Å²) in [5.74, 6) is 0.728. The number of anilines is 3. The van der Waals surface area contributed by atoms with Crippen molar-refractivity contribution in [3.8, 4) is 17.6 Å². The molecular formula is C27H24Cl2N6O3. The van der Waals surface area contributed by atoms with Crippen molar-refractivity contribution in [2.45, 2.75) is 20.0 Å². The SMILES string of the molecule is CC(=O)Nc1cc2c(Nc3ccc(OCc4cccc(Cl)n4)cc3Cl)c(C#N)cnc2cc1OCCCN. The number of hydrogen-bond acceptors (Lipinski definition) is 8. The maximum Gasteiger partial charge on any atom is 0.221 e. The summed E-state index contributed by atoms with van der Waals surface area (Å²) in [5.41, 5.74) is 8.59. The number of amides is 1. The van der Waals surface area contributed by atoms with Crippen LogP contribution in [0.5, 0.6) is 11.5 Å². The van der Waals surface area contributed by atoms with Crippen LogP contribution in [0.3, 0.4) is 0 Å². The zero-order chi connectivity index (χ0) is 27.1. The molecule has 0 aliphatic carbocycles. The fourth-order valence-electron chi connectivity index (χ4n) is 3.62. The van der Waals surface area contributed by atoms with Crippen molar-refractivity contribution < 1.29 is 14.3 Å². The monoisotopic (exact) mass is 550 g/mol. The van der Waals surface area contributed by atoms with Crippen molar-refractivity contribution in [1.29, 1.82) is 5.26 Å². The zero-order valence-electron chi connectivity index (χ0n) is 20.4. The minimum Gasteiger partial charge on any atom is -0.491 e. The lowest BCUT2D eigenvalue weighted by molar-refractivity contribution is -0.114. The predicted octanol–water partition coefficient (Wildman–Crippen LogP) is 5.82. The number of ether oxygens (including phenoxy) is 2. The van der Waals surface area contributed by atoms with Crippen molar-refractivity contribution >= 4 is 57.1 Å². The standard InChI is InChI=1S/C27H24Cl2N6O3/c1-16(36)33-24-11-20-23(12-25(24)37-9-3-8-30)32-14-17(13-31)27(20)35-22-7-6-19(10-21(22)28)38-15-18-4-2-5-26(29)34-18/h2,4-7,10-12,14H,3,8-9,15,30H2,1H3,(H,32,35)(H,33,36). The first kappa shape index (κ1) is 26.9. The topological polar surface area (TPSA) is 135 Å². The molecule has 0 bridgehead atoms. The van der Waals surface area contributed by atoms with E-state index in [2.05, 4.69) is 26.7 Å². The van der Waals surface area contributed by atoms with Gasteiger partial charge in [-0.1, -0.05) is 29.3 Å². The quantitative estimate of drug-likeness (QED) is 0.166. The Bertz CT molecular complexity index is 1520. The van der Waals surface area contributed by atoms with Gasteiger partial charge in [0.25, 0.3) is 0 Å². The van der Waals surface area contributed by atoms with Crippen LogP contribution in [0.1, 0.15) is 24.6 Å². The number of fused-ring (bicyclic) bond motifs is 1. The van der Waals surface area contributed by atoms with E-state index in [1.54, 1.807) is 42.5 Å². The molecule has 2 aromatic carbocycles. The molecule has 4 aromatic rings. The first-order chi connectivity index (χ1) is 18.4. The number of hydrogen-bond donors (Lipinski definition) is 3. The second-order valence-electron chi connectivity index (χ2n) is 8.20. The smallest absolute Gasteiger partial charge is 0.221 e. The Balaban J connectivity index is 1.65. The van der Waals surface area contributed by atoms with Crippen LogP contribution in [0.2, 0.25) is 10.2 Å². The molecule has 0 unspecified atom stereocenters. The third kappa shape index (κ3) is 6.61. The van der Waals surface area contributed by atoms with Gasteiger partial charge in [0.05, 0.1) is 45.5 Å². The number of aromatic nitrogens is 2. The highest BCUT2D eigenvalue weighted by Crippen LogP contribution is 2.38. The van der Waals surface area contributed by atoms with Gasteiger partial charge in [-0.05, 0) is 43.3 Å². The van der Waals surface area contributed by atoms with Crippen molar-refractivity contribution in [2.75, 3.05) is 23.8 Å². The molecule has 2 heterocycles. The van der Waals surface area contributed by atoms with Gasteiger partial charge >= 0.3 is 0 Å². The van der Waals surface area contributed by atoms with Crippen LogP contribution in [0.4, 0.5) is 17.1 Å². The highest BCUT2D eigenvalue weighted by Gasteiger charge is 2.16. The van der Waals surface area contributed by atoms with E-state index in [0.717, 1.165) is 0 Å². The fraction of sp³-hybridized carbons (Fsp3) is 0.185. The molecule has 0 aliphatic heterocycles. The molecule has 0 spiro atoms. The van der Waals surface area contributed by atoms with Crippen LogP contribution in [-0.4, -0.2) is 29.0 Å². The van der Waals surface area contributed by atoms with E-state index in [1.165, 1.54) is 13.1 Å². The third-order valence-electron chi connectivity index (χ3n) is 5.37. The number of carbonyl (C=O) groups excluding carboxylic acids is 1. The normalized spacial score (nSPS) is 10.6. The van der Waals surface area contributed by atoms with E-state index in [1.807, 2.05) is 6.07 Å². The minimum atomic E-state index is -0.265. The number of carbonyl (C=O) groups is 1.